The zero-order valence-corrected chi connectivity index (χ0v) is 19.2. The summed E-state index contributed by atoms with van der Waals surface area (Å²) in [4.78, 5) is 29.5. The minimum absolute atomic E-state index is 0.0187. The quantitative estimate of drug-likeness (QED) is 0.693. The second-order valence-electron chi connectivity index (χ2n) is 9.57. The largest absolute Gasteiger partial charge is 0.365 e. The Morgan fingerprint density at radius 1 is 0.968 bits per heavy atom. The van der Waals surface area contributed by atoms with Crippen LogP contribution in [-0.2, 0) is 16.1 Å². The van der Waals surface area contributed by atoms with Crippen molar-refractivity contribution in [1.29, 1.82) is 0 Å². The average Bonchev–Trinajstić information content (AvgIpc) is 2.87. The normalized spacial score (nSPS) is 16.5. The van der Waals surface area contributed by atoms with Crippen LogP contribution >= 0.6 is 0 Å². The van der Waals surface area contributed by atoms with E-state index < -0.39 is 5.41 Å². The first-order valence-electron chi connectivity index (χ1n) is 11.2. The number of fused-ring (bicyclic) bond motifs is 1. The van der Waals surface area contributed by atoms with E-state index >= 15 is 0 Å². The molecule has 1 aliphatic heterocycles. The van der Waals surface area contributed by atoms with Gasteiger partial charge in [0.25, 0.3) is 0 Å². The monoisotopic (exact) mass is 421 g/mol. The summed E-state index contributed by atoms with van der Waals surface area (Å²) in [5, 5.41) is 2.94. The van der Waals surface area contributed by atoms with Crippen molar-refractivity contribution in [2.45, 2.75) is 47.1 Å². The van der Waals surface area contributed by atoms with Crippen LogP contribution in [0.4, 0.5) is 11.4 Å². The number of para-hydroxylation sites is 2. The molecule has 5 nitrogen and oxygen atoms in total. The van der Waals surface area contributed by atoms with Gasteiger partial charge >= 0.3 is 0 Å². The van der Waals surface area contributed by atoms with E-state index in [9.17, 15) is 9.59 Å². The van der Waals surface area contributed by atoms with Crippen LogP contribution in [-0.4, -0.2) is 31.4 Å². The molecule has 1 heterocycles. The molecule has 1 atom stereocenters. The average molecular weight is 422 g/mol. The summed E-state index contributed by atoms with van der Waals surface area (Å²) in [6.45, 7) is 10.8. The minimum atomic E-state index is -0.411. The molecule has 0 radical (unpaired) electrons. The predicted molar refractivity (Wildman–Crippen MR) is 127 cm³/mol. The highest BCUT2D eigenvalue weighted by Gasteiger charge is 2.28. The van der Waals surface area contributed by atoms with Gasteiger partial charge in [-0.1, -0.05) is 70.2 Å². The van der Waals surface area contributed by atoms with Crippen molar-refractivity contribution in [3.8, 4) is 0 Å². The Kier molecular flexibility index (Phi) is 7.37. The van der Waals surface area contributed by atoms with E-state index in [4.69, 9.17) is 0 Å². The highest BCUT2D eigenvalue weighted by atomic mass is 16.2. The second-order valence-corrected chi connectivity index (χ2v) is 9.57. The summed E-state index contributed by atoms with van der Waals surface area (Å²) in [6, 6.07) is 18.7. The van der Waals surface area contributed by atoms with E-state index in [1.807, 2.05) is 49.9 Å². The maximum Gasteiger partial charge on any atom is 0.227 e. The Morgan fingerprint density at radius 2 is 1.61 bits per heavy atom. The van der Waals surface area contributed by atoms with Crippen LogP contribution in [0.1, 0.15) is 46.1 Å². The Balaban J connectivity index is 1.70. The molecule has 2 amide bonds. The molecule has 5 heteroatoms. The summed E-state index contributed by atoms with van der Waals surface area (Å²) in [5.41, 5.74) is 2.93. The predicted octanol–water partition coefficient (Wildman–Crippen LogP) is 4.62. The van der Waals surface area contributed by atoms with E-state index in [1.165, 1.54) is 5.56 Å². The minimum Gasteiger partial charge on any atom is -0.365 e. The Morgan fingerprint density at radius 3 is 2.29 bits per heavy atom. The highest BCUT2D eigenvalue weighted by Crippen LogP contribution is 2.35. The lowest BCUT2D eigenvalue weighted by molar-refractivity contribution is -0.128. The summed E-state index contributed by atoms with van der Waals surface area (Å²) < 4.78 is 0. The molecule has 1 N–H and O–H groups in total. The molecule has 3 rings (SSSR count). The standard InChI is InChI=1S/C26H35N3O2/c1-20-17-28(19-21-11-6-5-7-12-21)22-13-8-9-14-23(22)29(18-20)24(30)15-10-16-27-25(31)26(2,3)4/h5-9,11-14,20H,10,15-19H2,1-4H3,(H,27,31)/t20-/m0/s1. The van der Waals surface area contributed by atoms with Gasteiger partial charge in [-0.3, -0.25) is 9.59 Å². The third kappa shape index (κ3) is 6.09. The van der Waals surface area contributed by atoms with Gasteiger partial charge in [-0.2, -0.15) is 0 Å². The molecule has 2 aromatic rings. The summed E-state index contributed by atoms with van der Waals surface area (Å²) in [5.74, 6) is 0.483. The van der Waals surface area contributed by atoms with Crippen molar-refractivity contribution in [2.24, 2.45) is 11.3 Å². The van der Waals surface area contributed by atoms with E-state index in [0.29, 0.717) is 31.8 Å². The van der Waals surface area contributed by atoms with Gasteiger partial charge in [0.2, 0.25) is 11.8 Å². The Hall–Kier alpha value is -2.82. The lowest BCUT2D eigenvalue weighted by atomic mass is 9.96. The molecule has 0 bridgehead atoms. The number of anilines is 2. The van der Waals surface area contributed by atoms with Crippen molar-refractivity contribution in [1.82, 2.24) is 5.32 Å². The van der Waals surface area contributed by atoms with Gasteiger partial charge in [0, 0.05) is 38.0 Å². The van der Waals surface area contributed by atoms with Crippen molar-refractivity contribution < 1.29 is 9.59 Å². The van der Waals surface area contributed by atoms with Gasteiger partial charge in [0.15, 0.2) is 0 Å². The fraction of sp³-hybridized carbons (Fsp3) is 0.462. The molecular weight excluding hydrogens is 386 g/mol. The van der Waals surface area contributed by atoms with Crippen LogP contribution in [0, 0.1) is 11.3 Å². The number of amides is 2. The Labute approximate surface area is 186 Å². The summed E-state index contributed by atoms with van der Waals surface area (Å²) >= 11 is 0. The van der Waals surface area contributed by atoms with Crippen LogP contribution in [0.3, 0.4) is 0 Å². The van der Waals surface area contributed by atoms with Crippen LogP contribution in [0.25, 0.3) is 0 Å². The lowest BCUT2D eigenvalue weighted by Gasteiger charge is -2.27. The molecule has 166 valence electrons. The zero-order chi connectivity index (χ0) is 22.4. The molecule has 0 saturated carbocycles. The topological polar surface area (TPSA) is 52.6 Å². The zero-order valence-electron chi connectivity index (χ0n) is 19.2. The SMILES string of the molecule is C[C@H]1CN(Cc2ccccc2)c2ccccc2N(C(=O)CCCNC(=O)C(C)(C)C)C1. The number of rotatable bonds is 6. The second kappa shape index (κ2) is 9.99. The molecule has 31 heavy (non-hydrogen) atoms. The van der Waals surface area contributed by atoms with Crippen molar-refractivity contribution in [2.75, 3.05) is 29.4 Å². The van der Waals surface area contributed by atoms with Gasteiger partial charge in [-0.05, 0) is 30.0 Å². The fourth-order valence-electron chi connectivity index (χ4n) is 3.93. The first-order valence-corrected chi connectivity index (χ1v) is 11.2. The fourth-order valence-corrected chi connectivity index (χ4v) is 3.93. The van der Waals surface area contributed by atoms with Crippen molar-refractivity contribution >= 4 is 23.2 Å². The number of carbonyl (C=O) groups is 2. The smallest absolute Gasteiger partial charge is 0.227 e. The van der Waals surface area contributed by atoms with Crippen LogP contribution < -0.4 is 15.1 Å². The molecule has 0 aliphatic carbocycles. The maximum atomic E-state index is 13.2. The molecule has 2 aromatic carbocycles. The highest BCUT2D eigenvalue weighted by molar-refractivity contribution is 5.97. The third-order valence-corrected chi connectivity index (χ3v) is 5.59. The van der Waals surface area contributed by atoms with Gasteiger partial charge in [-0.25, -0.2) is 0 Å². The molecule has 0 unspecified atom stereocenters. The molecule has 0 spiro atoms. The van der Waals surface area contributed by atoms with Gasteiger partial charge in [0.1, 0.15) is 0 Å². The van der Waals surface area contributed by atoms with E-state index in [-0.39, 0.29) is 11.8 Å². The first kappa shape index (κ1) is 22.9. The number of hydrogen-bond donors (Lipinski definition) is 1. The number of nitrogens with zero attached hydrogens (tertiary/aromatic N) is 2. The summed E-state index contributed by atoms with van der Waals surface area (Å²) in [6.07, 6.45) is 1.06. The molecule has 1 aliphatic rings. The van der Waals surface area contributed by atoms with E-state index in [0.717, 1.165) is 24.5 Å². The number of benzene rings is 2. The van der Waals surface area contributed by atoms with Gasteiger partial charge in [0.05, 0.1) is 11.4 Å². The molecule has 0 saturated heterocycles. The number of carbonyl (C=O) groups excluding carboxylic acids is 2. The molecular formula is C26H35N3O2. The van der Waals surface area contributed by atoms with Crippen LogP contribution in [0.15, 0.2) is 54.6 Å². The van der Waals surface area contributed by atoms with Gasteiger partial charge < -0.3 is 15.1 Å². The lowest BCUT2D eigenvalue weighted by Crippen LogP contribution is -2.37. The molecule has 0 aromatic heterocycles. The maximum absolute atomic E-state index is 13.2. The van der Waals surface area contributed by atoms with Crippen LogP contribution in [0.2, 0.25) is 0 Å². The first-order chi connectivity index (χ1) is 14.8. The van der Waals surface area contributed by atoms with Crippen molar-refractivity contribution in [3.05, 3.63) is 60.2 Å². The van der Waals surface area contributed by atoms with Gasteiger partial charge in [-0.15, -0.1) is 0 Å². The molecule has 0 fully saturated rings. The van der Waals surface area contributed by atoms with E-state index in [1.54, 1.807) is 0 Å². The van der Waals surface area contributed by atoms with Crippen LogP contribution in [0.5, 0.6) is 0 Å². The summed E-state index contributed by atoms with van der Waals surface area (Å²) in [7, 11) is 0. The third-order valence-electron chi connectivity index (χ3n) is 5.59. The number of hydrogen-bond acceptors (Lipinski definition) is 3. The number of nitrogens with one attached hydrogen (secondary N) is 1. The van der Waals surface area contributed by atoms with E-state index in [2.05, 4.69) is 47.5 Å². The van der Waals surface area contributed by atoms with Crippen molar-refractivity contribution in [3.63, 3.8) is 0 Å². The Bertz CT molecular complexity index is 889.